The van der Waals surface area contributed by atoms with Crippen LogP contribution in [0.15, 0.2) is 42.6 Å². The van der Waals surface area contributed by atoms with Crippen LogP contribution in [0.5, 0.6) is 0 Å². The van der Waals surface area contributed by atoms with Gasteiger partial charge in [-0.2, -0.15) is 5.26 Å². The van der Waals surface area contributed by atoms with Gasteiger partial charge in [-0.05, 0) is 43.2 Å². The third-order valence-corrected chi connectivity index (χ3v) is 5.42. The first-order valence-corrected chi connectivity index (χ1v) is 10.1. The van der Waals surface area contributed by atoms with Crippen molar-refractivity contribution in [3.63, 3.8) is 0 Å². The van der Waals surface area contributed by atoms with E-state index in [-0.39, 0.29) is 18.4 Å². The number of hydrogen-bond acceptors (Lipinski definition) is 5. The van der Waals surface area contributed by atoms with Crippen molar-refractivity contribution in [1.29, 1.82) is 5.26 Å². The molecule has 1 saturated heterocycles. The number of nitrogens with zero attached hydrogens (tertiary/aromatic N) is 3. The third kappa shape index (κ3) is 4.19. The summed E-state index contributed by atoms with van der Waals surface area (Å²) in [6, 6.07) is 13.6. The summed E-state index contributed by atoms with van der Waals surface area (Å²) in [5.41, 5.74) is 5.84. The Morgan fingerprint density at radius 3 is 2.74 bits per heavy atom. The van der Waals surface area contributed by atoms with Gasteiger partial charge in [0.15, 0.2) is 0 Å². The van der Waals surface area contributed by atoms with E-state index < -0.39 is 0 Å². The molecule has 2 aromatic carbocycles. The van der Waals surface area contributed by atoms with Crippen LogP contribution in [0.3, 0.4) is 0 Å². The van der Waals surface area contributed by atoms with Crippen LogP contribution in [0.25, 0.3) is 10.9 Å². The fourth-order valence-electron chi connectivity index (χ4n) is 3.89. The van der Waals surface area contributed by atoms with Gasteiger partial charge < -0.3 is 15.5 Å². The van der Waals surface area contributed by atoms with E-state index >= 15 is 0 Å². The van der Waals surface area contributed by atoms with Gasteiger partial charge >= 0.3 is 0 Å². The number of pyridine rings is 1. The first kappa shape index (κ1) is 20.4. The Morgan fingerprint density at radius 1 is 1.26 bits per heavy atom. The van der Waals surface area contributed by atoms with Gasteiger partial charge in [-0.25, -0.2) is 0 Å². The van der Waals surface area contributed by atoms with Gasteiger partial charge in [0.2, 0.25) is 5.91 Å². The fourth-order valence-corrected chi connectivity index (χ4v) is 3.89. The molecule has 1 aliphatic heterocycles. The van der Waals surface area contributed by atoms with E-state index in [4.69, 9.17) is 0 Å². The Bertz CT molecular complexity index is 1210. The summed E-state index contributed by atoms with van der Waals surface area (Å²) in [6.45, 7) is 5.62. The number of fused-ring (bicyclic) bond motifs is 1. The van der Waals surface area contributed by atoms with Crippen molar-refractivity contribution in [1.82, 2.24) is 15.2 Å². The minimum atomic E-state index is -0.146. The number of hydrogen-bond donors (Lipinski definition) is 2. The maximum absolute atomic E-state index is 12.6. The minimum Gasteiger partial charge on any atom is -0.379 e. The molecule has 0 saturated carbocycles. The molecule has 1 aromatic heterocycles. The molecule has 7 heteroatoms. The summed E-state index contributed by atoms with van der Waals surface area (Å²) >= 11 is 0. The Kier molecular flexibility index (Phi) is 5.54. The normalized spacial score (nSPS) is 13.6. The number of piperazine rings is 1. The SMILES string of the molecule is Cc1cc(C)c2ncc(C#N)c(NCc3ccc(C(=O)N4CCNC(=O)C4)cc3)c2c1. The van der Waals surface area contributed by atoms with E-state index in [0.717, 1.165) is 33.3 Å². The summed E-state index contributed by atoms with van der Waals surface area (Å²) in [6.07, 6.45) is 1.60. The average molecular weight is 413 g/mol. The number of aromatic nitrogens is 1. The monoisotopic (exact) mass is 413 g/mol. The van der Waals surface area contributed by atoms with Crippen LogP contribution in [0.1, 0.15) is 32.6 Å². The molecule has 7 nitrogen and oxygen atoms in total. The number of rotatable bonds is 4. The lowest BCUT2D eigenvalue weighted by Gasteiger charge is -2.26. The number of carbonyl (C=O) groups excluding carboxylic acids is 2. The highest BCUT2D eigenvalue weighted by Gasteiger charge is 2.22. The van der Waals surface area contributed by atoms with Crippen LogP contribution < -0.4 is 10.6 Å². The van der Waals surface area contributed by atoms with Crippen LogP contribution in [0.4, 0.5) is 5.69 Å². The van der Waals surface area contributed by atoms with Gasteiger partial charge in [0, 0.05) is 36.8 Å². The Morgan fingerprint density at radius 2 is 2.03 bits per heavy atom. The second-order valence-corrected chi connectivity index (χ2v) is 7.76. The predicted molar refractivity (Wildman–Crippen MR) is 119 cm³/mol. The number of amides is 2. The maximum atomic E-state index is 12.6. The van der Waals surface area contributed by atoms with E-state index in [1.54, 1.807) is 23.2 Å². The highest BCUT2D eigenvalue weighted by Crippen LogP contribution is 2.29. The Hall–Kier alpha value is -3.92. The smallest absolute Gasteiger partial charge is 0.254 e. The largest absolute Gasteiger partial charge is 0.379 e. The molecule has 2 heterocycles. The first-order chi connectivity index (χ1) is 15.0. The Balaban J connectivity index is 1.53. The van der Waals surface area contributed by atoms with Gasteiger partial charge in [-0.1, -0.05) is 23.8 Å². The molecule has 0 radical (unpaired) electrons. The molecule has 4 rings (SSSR count). The highest BCUT2D eigenvalue weighted by molar-refractivity contribution is 5.97. The first-order valence-electron chi connectivity index (χ1n) is 10.1. The average Bonchev–Trinajstić information content (AvgIpc) is 2.77. The topological polar surface area (TPSA) is 98.1 Å². The van der Waals surface area contributed by atoms with Gasteiger partial charge in [-0.15, -0.1) is 0 Å². The lowest BCUT2D eigenvalue weighted by Crippen LogP contribution is -2.49. The molecule has 0 spiro atoms. The molecule has 2 amide bonds. The van der Waals surface area contributed by atoms with Crippen molar-refractivity contribution in [3.05, 3.63) is 70.4 Å². The predicted octanol–water partition coefficient (Wildman–Crippen LogP) is 2.91. The zero-order chi connectivity index (χ0) is 22.0. The highest BCUT2D eigenvalue weighted by atomic mass is 16.2. The zero-order valence-electron chi connectivity index (χ0n) is 17.5. The standard InChI is InChI=1S/C24H23N5O2/c1-15-9-16(2)22-20(10-15)23(19(11-25)13-28-22)27-12-17-3-5-18(6-4-17)24(31)29-8-7-26-21(30)14-29/h3-6,9-10,13H,7-8,12,14H2,1-2H3,(H,26,30)(H,27,28). The van der Waals surface area contributed by atoms with E-state index in [1.807, 2.05) is 32.0 Å². The fraction of sp³-hybridized carbons (Fsp3) is 0.250. The molecule has 31 heavy (non-hydrogen) atoms. The number of nitrogens with one attached hydrogen (secondary N) is 2. The van der Waals surface area contributed by atoms with Crippen LogP contribution in [-0.4, -0.2) is 41.3 Å². The lowest BCUT2D eigenvalue weighted by molar-refractivity contribution is -0.123. The molecule has 0 bridgehead atoms. The van der Waals surface area contributed by atoms with Gasteiger partial charge in [0.25, 0.3) is 5.91 Å². The van der Waals surface area contributed by atoms with Crippen molar-refractivity contribution >= 4 is 28.4 Å². The number of aryl methyl sites for hydroxylation is 2. The summed E-state index contributed by atoms with van der Waals surface area (Å²) in [5.74, 6) is -0.282. The van der Waals surface area contributed by atoms with E-state index in [2.05, 4.69) is 27.8 Å². The van der Waals surface area contributed by atoms with Gasteiger partial charge in [0.05, 0.1) is 23.3 Å². The summed E-state index contributed by atoms with van der Waals surface area (Å²) in [7, 11) is 0. The van der Waals surface area contributed by atoms with Crippen molar-refractivity contribution in [3.8, 4) is 6.07 Å². The summed E-state index contributed by atoms with van der Waals surface area (Å²) < 4.78 is 0. The molecule has 1 aliphatic rings. The van der Waals surface area contributed by atoms with Crippen molar-refractivity contribution in [2.24, 2.45) is 0 Å². The van der Waals surface area contributed by atoms with Crippen molar-refractivity contribution in [2.75, 3.05) is 25.0 Å². The second kappa shape index (κ2) is 8.44. The van der Waals surface area contributed by atoms with Crippen LogP contribution in [-0.2, 0) is 11.3 Å². The molecule has 2 N–H and O–H groups in total. The minimum absolute atomic E-state index is 0.0903. The number of nitriles is 1. The van der Waals surface area contributed by atoms with Gasteiger partial charge in [0.1, 0.15) is 6.07 Å². The molecular formula is C24H23N5O2. The second-order valence-electron chi connectivity index (χ2n) is 7.76. The number of carbonyl (C=O) groups is 2. The zero-order valence-corrected chi connectivity index (χ0v) is 17.5. The van der Waals surface area contributed by atoms with Gasteiger partial charge in [-0.3, -0.25) is 14.6 Å². The lowest BCUT2D eigenvalue weighted by atomic mass is 10.0. The quantitative estimate of drug-likeness (QED) is 0.685. The molecule has 156 valence electrons. The summed E-state index contributed by atoms with van der Waals surface area (Å²) in [4.78, 5) is 30.2. The molecule has 0 atom stereocenters. The van der Waals surface area contributed by atoms with Crippen LogP contribution in [0, 0.1) is 25.2 Å². The molecule has 0 unspecified atom stereocenters. The van der Waals surface area contributed by atoms with E-state index in [1.165, 1.54) is 0 Å². The number of benzene rings is 2. The molecular weight excluding hydrogens is 390 g/mol. The molecule has 3 aromatic rings. The third-order valence-electron chi connectivity index (χ3n) is 5.42. The Labute approximate surface area is 180 Å². The van der Waals surface area contributed by atoms with E-state index in [0.29, 0.717) is 30.8 Å². The van der Waals surface area contributed by atoms with Crippen LogP contribution >= 0.6 is 0 Å². The van der Waals surface area contributed by atoms with Crippen LogP contribution in [0.2, 0.25) is 0 Å². The van der Waals surface area contributed by atoms with Crippen molar-refractivity contribution in [2.45, 2.75) is 20.4 Å². The number of anilines is 1. The molecule has 1 fully saturated rings. The van der Waals surface area contributed by atoms with E-state index in [9.17, 15) is 14.9 Å². The summed E-state index contributed by atoms with van der Waals surface area (Å²) in [5, 5.41) is 16.6. The maximum Gasteiger partial charge on any atom is 0.254 e. The molecule has 0 aliphatic carbocycles. The van der Waals surface area contributed by atoms with Crippen molar-refractivity contribution < 1.29 is 9.59 Å².